The highest BCUT2D eigenvalue weighted by Crippen LogP contribution is 2.33. The number of aromatic nitrogens is 8. The third-order valence-corrected chi connectivity index (χ3v) is 4.71. The van der Waals surface area contributed by atoms with Crippen LogP contribution in [0.1, 0.15) is 10.8 Å². The highest BCUT2D eigenvalue weighted by molar-refractivity contribution is 7.16. The largest absolute Gasteiger partial charge is 0.360 e. The van der Waals surface area contributed by atoms with Gasteiger partial charge in [0, 0.05) is 0 Å². The molecule has 0 atom stereocenters. The Hall–Kier alpha value is -3.40. The third kappa shape index (κ3) is 2.23. The van der Waals surface area contributed by atoms with Crippen molar-refractivity contribution in [2.75, 3.05) is 0 Å². The summed E-state index contributed by atoms with van der Waals surface area (Å²) in [6.07, 6.45) is 1.65. The van der Waals surface area contributed by atoms with Gasteiger partial charge in [-0.2, -0.15) is 19.5 Å². The van der Waals surface area contributed by atoms with Crippen LogP contribution in [0.25, 0.3) is 33.4 Å². The van der Waals surface area contributed by atoms with Gasteiger partial charge in [0.1, 0.15) is 22.2 Å². The van der Waals surface area contributed by atoms with Gasteiger partial charge in [0.25, 0.3) is 0 Å². The summed E-state index contributed by atoms with van der Waals surface area (Å²) >= 11 is 1.47. The van der Waals surface area contributed by atoms with Crippen LogP contribution in [0.15, 0.2) is 41.1 Å². The molecule has 128 valence electrons. The number of benzene rings is 1. The minimum atomic E-state index is 0.560. The molecule has 0 spiro atoms. The number of aryl methyl sites for hydroxylation is 2. The Bertz CT molecular complexity index is 1220. The summed E-state index contributed by atoms with van der Waals surface area (Å²) in [6.45, 7) is 3.75. The Morgan fingerprint density at radius 3 is 2.73 bits per heavy atom. The van der Waals surface area contributed by atoms with Crippen LogP contribution in [0.3, 0.4) is 0 Å². The monoisotopic (exact) mass is 364 g/mol. The minimum Gasteiger partial charge on any atom is -0.360 e. The van der Waals surface area contributed by atoms with E-state index in [-0.39, 0.29) is 0 Å². The first-order valence-corrected chi connectivity index (χ1v) is 8.66. The molecule has 0 aliphatic rings. The molecule has 0 radical (unpaired) electrons. The molecule has 0 fully saturated rings. The van der Waals surface area contributed by atoms with Gasteiger partial charge in [-0.3, -0.25) is 0 Å². The standard InChI is InChI=1S/C16H12N8OS/c1-9-13(15-18-19-16-23(15)20-10(2)26-16)14(22-25-9)12-8-17-24(21-12)11-6-4-3-5-7-11/h3-8H,1-2H3. The maximum atomic E-state index is 5.41. The number of rotatable bonds is 3. The molecular weight excluding hydrogens is 352 g/mol. The van der Waals surface area contributed by atoms with Crippen LogP contribution in [0, 0.1) is 13.8 Å². The lowest BCUT2D eigenvalue weighted by atomic mass is 10.1. The van der Waals surface area contributed by atoms with E-state index in [1.807, 2.05) is 44.2 Å². The molecule has 26 heavy (non-hydrogen) atoms. The molecule has 9 nitrogen and oxygen atoms in total. The van der Waals surface area contributed by atoms with E-state index < -0.39 is 0 Å². The lowest BCUT2D eigenvalue weighted by Crippen LogP contribution is -1.98. The van der Waals surface area contributed by atoms with Gasteiger partial charge in [0.15, 0.2) is 5.82 Å². The predicted octanol–water partition coefficient (Wildman–Crippen LogP) is 2.71. The maximum Gasteiger partial charge on any atom is 0.234 e. The van der Waals surface area contributed by atoms with Crippen molar-refractivity contribution in [3.8, 4) is 28.5 Å². The van der Waals surface area contributed by atoms with Crippen LogP contribution in [0.2, 0.25) is 0 Å². The summed E-state index contributed by atoms with van der Waals surface area (Å²) in [6, 6.07) is 9.67. The first kappa shape index (κ1) is 14.9. The van der Waals surface area contributed by atoms with Gasteiger partial charge in [-0.25, -0.2) is 0 Å². The van der Waals surface area contributed by atoms with Crippen molar-refractivity contribution in [3.05, 3.63) is 47.3 Å². The Balaban J connectivity index is 1.65. The molecule has 0 bridgehead atoms. The van der Waals surface area contributed by atoms with Crippen LogP contribution in [-0.4, -0.2) is 40.0 Å². The van der Waals surface area contributed by atoms with Gasteiger partial charge in [-0.05, 0) is 26.0 Å². The highest BCUT2D eigenvalue weighted by atomic mass is 32.1. The zero-order valence-corrected chi connectivity index (χ0v) is 14.7. The average molecular weight is 364 g/mol. The summed E-state index contributed by atoms with van der Waals surface area (Å²) in [5.41, 5.74) is 2.72. The maximum absolute atomic E-state index is 5.41. The first-order chi connectivity index (χ1) is 12.7. The summed E-state index contributed by atoms with van der Waals surface area (Å²) in [5.74, 6) is 1.20. The van der Waals surface area contributed by atoms with Crippen molar-refractivity contribution in [2.45, 2.75) is 13.8 Å². The zero-order valence-electron chi connectivity index (χ0n) is 13.9. The van der Waals surface area contributed by atoms with Crippen LogP contribution in [0.5, 0.6) is 0 Å². The SMILES string of the molecule is Cc1nn2c(-c3c(-c4cnn(-c5ccccc5)n4)noc3C)nnc2s1. The van der Waals surface area contributed by atoms with E-state index in [1.165, 1.54) is 11.3 Å². The lowest BCUT2D eigenvalue weighted by molar-refractivity contribution is 0.400. The van der Waals surface area contributed by atoms with E-state index in [2.05, 4.69) is 30.7 Å². The summed E-state index contributed by atoms with van der Waals surface area (Å²) in [7, 11) is 0. The smallest absolute Gasteiger partial charge is 0.234 e. The molecule has 4 aromatic heterocycles. The number of hydrogen-bond donors (Lipinski definition) is 0. The van der Waals surface area contributed by atoms with Crippen molar-refractivity contribution in [1.29, 1.82) is 0 Å². The quantitative estimate of drug-likeness (QED) is 0.485. The molecule has 0 aliphatic heterocycles. The van der Waals surface area contributed by atoms with Crippen LogP contribution < -0.4 is 0 Å². The molecule has 4 heterocycles. The molecule has 0 saturated carbocycles. The summed E-state index contributed by atoms with van der Waals surface area (Å²) in [5, 5.41) is 26.8. The van der Waals surface area contributed by atoms with Gasteiger partial charge < -0.3 is 4.52 Å². The van der Waals surface area contributed by atoms with Gasteiger partial charge in [0.05, 0.1) is 17.4 Å². The van der Waals surface area contributed by atoms with E-state index in [9.17, 15) is 0 Å². The fourth-order valence-electron chi connectivity index (χ4n) is 2.74. The Kier molecular flexibility index (Phi) is 3.19. The van der Waals surface area contributed by atoms with E-state index >= 15 is 0 Å². The zero-order chi connectivity index (χ0) is 17.7. The third-order valence-electron chi connectivity index (χ3n) is 3.90. The highest BCUT2D eigenvalue weighted by Gasteiger charge is 2.24. The molecular formula is C16H12N8OS. The van der Waals surface area contributed by atoms with E-state index in [0.29, 0.717) is 28.5 Å². The van der Waals surface area contributed by atoms with Crippen molar-refractivity contribution in [2.24, 2.45) is 0 Å². The molecule has 0 aliphatic carbocycles. The molecule has 0 amide bonds. The van der Waals surface area contributed by atoms with E-state index in [0.717, 1.165) is 15.7 Å². The van der Waals surface area contributed by atoms with Crippen molar-refractivity contribution < 1.29 is 4.52 Å². The molecule has 0 N–H and O–H groups in total. The van der Waals surface area contributed by atoms with Gasteiger partial charge in [-0.15, -0.1) is 15.3 Å². The average Bonchev–Trinajstić information content (AvgIpc) is 3.39. The van der Waals surface area contributed by atoms with E-state index in [1.54, 1.807) is 15.5 Å². The normalized spacial score (nSPS) is 11.5. The predicted molar refractivity (Wildman–Crippen MR) is 94.0 cm³/mol. The minimum absolute atomic E-state index is 0.560. The summed E-state index contributed by atoms with van der Waals surface area (Å²) in [4.78, 5) is 2.27. The van der Waals surface area contributed by atoms with Gasteiger partial charge >= 0.3 is 0 Å². The number of para-hydroxylation sites is 1. The fraction of sp³-hybridized carbons (Fsp3) is 0.125. The number of hydrogen-bond acceptors (Lipinski definition) is 8. The molecule has 10 heteroatoms. The Labute approximate surface area is 150 Å². The van der Waals surface area contributed by atoms with Gasteiger partial charge in [0.2, 0.25) is 4.96 Å². The van der Waals surface area contributed by atoms with Gasteiger partial charge in [-0.1, -0.05) is 34.7 Å². The van der Waals surface area contributed by atoms with Crippen molar-refractivity contribution in [3.63, 3.8) is 0 Å². The molecule has 5 rings (SSSR count). The van der Waals surface area contributed by atoms with E-state index in [4.69, 9.17) is 4.52 Å². The Morgan fingerprint density at radius 2 is 1.88 bits per heavy atom. The first-order valence-electron chi connectivity index (χ1n) is 7.84. The molecule has 0 saturated heterocycles. The lowest BCUT2D eigenvalue weighted by Gasteiger charge is -1.98. The second-order valence-electron chi connectivity index (χ2n) is 5.66. The van der Waals surface area contributed by atoms with Crippen molar-refractivity contribution >= 4 is 16.3 Å². The number of fused-ring (bicyclic) bond motifs is 1. The van der Waals surface area contributed by atoms with Crippen molar-refractivity contribution in [1.82, 2.24) is 40.0 Å². The second kappa shape index (κ2) is 5.56. The molecule has 0 unspecified atom stereocenters. The topological polar surface area (TPSA) is 99.8 Å². The molecule has 5 aromatic rings. The van der Waals surface area contributed by atoms with Crippen LogP contribution in [-0.2, 0) is 0 Å². The summed E-state index contributed by atoms with van der Waals surface area (Å²) < 4.78 is 7.11. The fourth-order valence-corrected chi connectivity index (χ4v) is 3.42. The molecule has 1 aromatic carbocycles. The van der Waals surface area contributed by atoms with Crippen LogP contribution in [0.4, 0.5) is 0 Å². The number of nitrogens with zero attached hydrogens (tertiary/aromatic N) is 8. The Morgan fingerprint density at radius 1 is 1.04 bits per heavy atom. The second-order valence-corrected chi connectivity index (χ2v) is 6.82. The van der Waals surface area contributed by atoms with Crippen LogP contribution >= 0.6 is 11.3 Å².